The molecule has 0 aromatic carbocycles. The second kappa shape index (κ2) is 25.7. The van der Waals surface area contributed by atoms with Gasteiger partial charge in [-0.25, -0.2) is 0 Å². The van der Waals surface area contributed by atoms with Crippen LogP contribution in [-0.4, -0.2) is 31.3 Å². The summed E-state index contributed by atoms with van der Waals surface area (Å²) in [4.78, 5) is 25.8. The molecule has 0 aliphatic rings. The van der Waals surface area contributed by atoms with Gasteiger partial charge in [-0.2, -0.15) is 8.42 Å². The van der Waals surface area contributed by atoms with Crippen molar-refractivity contribution < 1.29 is 22.2 Å². The molecule has 0 aliphatic heterocycles. The molecule has 244 valence electrons. The van der Waals surface area contributed by atoms with Gasteiger partial charge in [-0.05, 0) is 33.6 Å². The minimum atomic E-state index is -3.81. The molecular formula is C35H68O5S. The highest BCUT2D eigenvalue weighted by Crippen LogP contribution is 2.22. The highest BCUT2D eigenvalue weighted by molar-refractivity contribution is 7.88. The standard InChI is InChI=1S/C35H68O5S/c1-6-8-10-12-14-16-18-20-22-24-26-28-33(36)30-32(31-40-41(38,39)35(3,4)5)34(37)29-27-25-23-21-19-17-15-13-11-9-7-2/h32H,6-31H2,1-5H3. The Balaban J connectivity index is 4.39. The number of carbonyl (C=O) groups excluding carboxylic acids is 2. The molecule has 0 spiro atoms. The first kappa shape index (κ1) is 40.2. The molecular weight excluding hydrogens is 532 g/mol. The van der Waals surface area contributed by atoms with E-state index >= 15 is 0 Å². The molecule has 0 aromatic rings. The Morgan fingerprint density at radius 2 is 0.902 bits per heavy atom. The van der Waals surface area contributed by atoms with Crippen LogP contribution in [0, 0.1) is 5.92 Å². The quantitative estimate of drug-likeness (QED) is 0.0605. The van der Waals surface area contributed by atoms with Crippen LogP contribution >= 0.6 is 0 Å². The Morgan fingerprint density at radius 1 is 0.561 bits per heavy atom. The molecule has 0 N–H and O–H groups in total. The third-order valence-electron chi connectivity index (χ3n) is 8.19. The predicted octanol–water partition coefficient (Wildman–Crippen LogP) is 10.7. The second-order valence-corrected chi connectivity index (χ2v) is 15.7. The number of carbonyl (C=O) groups is 2. The Morgan fingerprint density at radius 3 is 1.27 bits per heavy atom. The van der Waals surface area contributed by atoms with Crippen LogP contribution in [0.25, 0.3) is 0 Å². The van der Waals surface area contributed by atoms with E-state index in [-0.39, 0.29) is 24.6 Å². The zero-order chi connectivity index (χ0) is 30.8. The average molecular weight is 601 g/mol. The number of hydrogen-bond acceptors (Lipinski definition) is 5. The smallest absolute Gasteiger partial charge is 0.272 e. The summed E-state index contributed by atoms with van der Waals surface area (Å²) in [5, 5.41) is 0. The van der Waals surface area contributed by atoms with E-state index in [0.29, 0.717) is 12.8 Å². The average Bonchev–Trinajstić information content (AvgIpc) is 2.91. The van der Waals surface area contributed by atoms with E-state index in [4.69, 9.17) is 4.18 Å². The van der Waals surface area contributed by atoms with Crippen LogP contribution in [0.5, 0.6) is 0 Å². The molecule has 0 amide bonds. The molecule has 0 saturated heterocycles. The first-order valence-electron chi connectivity index (χ1n) is 17.5. The molecule has 0 bridgehead atoms. The number of hydrogen-bond donors (Lipinski definition) is 0. The van der Waals surface area contributed by atoms with Gasteiger partial charge in [0.25, 0.3) is 10.1 Å². The number of rotatable bonds is 30. The van der Waals surface area contributed by atoms with Crippen molar-refractivity contribution in [3.8, 4) is 0 Å². The first-order chi connectivity index (χ1) is 19.5. The molecule has 0 aliphatic carbocycles. The fourth-order valence-corrected chi connectivity index (χ4v) is 5.84. The summed E-state index contributed by atoms with van der Waals surface area (Å²) in [7, 11) is -3.81. The van der Waals surface area contributed by atoms with Crippen LogP contribution in [-0.2, 0) is 23.9 Å². The zero-order valence-corrected chi connectivity index (χ0v) is 28.7. The normalized spacial score (nSPS) is 13.0. The third kappa shape index (κ3) is 23.4. The lowest BCUT2D eigenvalue weighted by Crippen LogP contribution is -2.33. The molecule has 1 atom stereocenters. The van der Waals surface area contributed by atoms with Crippen LogP contribution in [0.3, 0.4) is 0 Å². The molecule has 41 heavy (non-hydrogen) atoms. The van der Waals surface area contributed by atoms with Crippen molar-refractivity contribution in [3.05, 3.63) is 0 Å². The zero-order valence-electron chi connectivity index (χ0n) is 27.9. The summed E-state index contributed by atoms with van der Waals surface area (Å²) < 4.78 is 29.2. The second-order valence-electron chi connectivity index (χ2n) is 13.3. The molecule has 6 heteroatoms. The number of ketones is 2. The van der Waals surface area contributed by atoms with E-state index in [2.05, 4.69) is 13.8 Å². The molecule has 0 saturated carbocycles. The molecule has 0 radical (unpaired) electrons. The van der Waals surface area contributed by atoms with Crippen molar-refractivity contribution >= 4 is 21.7 Å². The molecule has 0 aromatic heterocycles. The van der Waals surface area contributed by atoms with Crippen LogP contribution in [0.1, 0.15) is 195 Å². The summed E-state index contributed by atoms with van der Waals surface area (Å²) in [6, 6.07) is 0. The Kier molecular flexibility index (Phi) is 25.3. The summed E-state index contributed by atoms with van der Waals surface area (Å²) >= 11 is 0. The molecule has 1 unspecified atom stereocenters. The highest BCUT2D eigenvalue weighted by atomic mass is 32.2. The fraction of sp³-hybridized carbons (Fsp3) is 0.943. The first-order valence-corrected chi connectivity index (χ1v) is 18.9. The van der Waals surface area contributed by atoms with Gasteiger partial charge in [0.05, 0.1) is 11.4 Å². The van der Waals surface area contributed by atoms with Gasteiger partial charge in [0.15, 0.2) is 0 Å². The third-order valence-corrected chi connectivity index (χ3v) is 10.1. The van der Waals surface area contributed by atoms with Gasteiger partial charge in [-0.3, -0.25) is 13.8 Å². The lowest BCUT2D eigenvalue weighted by molar-refractivity contribution is -0.129. The van der Waals surface area contributed by atoms with Crippen molar-refractivity contribution in [2.75, 3.05) is 6.61 Å². The van der Waals surface area contributed by atoms with E-state index in [9.17, 15) is 18.0 Å². The fourth-order valence-electron chi connectivity index (χ4n) is 5.15. The van der Waals surface area contributed by atoms with Gasteiger partial charge < -0.3 is 0 Å². The molecule has 0 rings (SSSR count). The molecule has 5 nitrogen and oxygen atoms in total. The van der Waals surface area contributed by atoms with E-state index in [0.717, 1.165) is 38.5 Å². The lowest BCUT2D eigenvalue weighted by atomic mass is 9.92. The SMILES string of the molecule is CCCCCCCCCCCCCC(=O)CC(COS(=O)(=O)C(C)(C)C)C(=O)CCCCCCCCCCCCC. The lowest BCUT2D eigenvalue weighted by Gasteiger charge is -2.21. The summed E-state index contributed by atoms with van der Waals surface area (Å²) in [6.45, 7) is 9.02. The van der Waals surface area contributed by atoms with Crippen molar-refractivity contribution in [1.82, 2.24) is 0 Å². The summed E-state index contributed by atoms with van der Waals surface area (Å²) in [5.41, 5.74) is 0. The van der Waals surface area contributed by atoms with E-state index in [1.807, 2.05) is 0 Å². The van der Waals surface area contributed by atoms with Crippen molar-refractivity contribution in [2.24, 2.45) is 5.92 Å². The van der Waals surface area contributed by atoms with Crippen molar-refractivity contribution in [3.63, 3.8) is 0 Å². The van der Waals surface area contributed by atoms with Crippen molar-refractivity contribution in [2.45, 2.75) is 200 Å². The van der Waals surface area contributed by atoms with Gasteiger partial charge >= 0.3 is 0 Å². The molecule has 0 heterocycles. The highest BCUT2D eigenvalue weighted by Gasteiger charge is 2.32. The van der Waals surface area contributed by atoms with Crippen LogP contribution in [0.2, 0.25) is 0 Å². The monoisotopic (exact) mass is 600 g/mol. The largest absolute Gasteiger partial charge is 0.300 e. The Hall–Kier alpha value is -0.750. The summed E-state index contributed by atoms with van der Waals surface area (Å²) in [6.07, 6.45) is 27.8. The maximum atomic E-state index is 13.0. The van der Waals surface area contributed by atoms with Gasteiger partial charge in [-0.15, -0.1) is 0 Å². The van der Waals surface area contributed by atoms with E-state index in [1.54, 1.807) is 20.8 Å². The van der Waals surface area contributed by atoms with Crippen LogP contribution < -0.4 is 0 Å². The topological polar surface area (TPSA) is 77.5 Å². The van der Waals surface area contributed by atoms with Crippen LogP contribution in [0.15, 0.2) is 0 Å². The molecule has 0 fully saturated rings. The van der Waals surface area contributed by atoms with Gasteiger partial charge in [0.1, 0.15) is 11.6 Å². The Labute approximate surface area is 255 Å². The van der Waals surface area contributed by atoms with Gasteiger partial charge in [-0.1, -0.05) is 142 Å². The van der Waals surface area contributed by atoms with E-state index in [1.165, 1.54) is 103 Å². The number of unbranched alkanes of at least 4 members (excludes halogenated alkanes) is 20. The minimum absolute atomic E-state index is 0.0303. The predicted molar refractivity (Wildman–Crippen MR) is 175 cm³/mol. The van der Waals surface area contributed by atoms with Crippen molar-refractivity contribution in [1.29, 1.82) is 0 Å². The van der Waals surface area contributed by atoms with E-state index < -0.39 is 20.8 Å². The maximum Gasteiger partial charge on any atom is 0.272 e. The van der Waals surface area contributed by atoms with Crippen LogP contribution in [0.4, 0.5) is 0 Å². The Bertz CT molecular complexity index is 738. The van der Waals surface area contributed by atoms with Gasteiger partial charge in [0, 0.05) is 25.2 Å². The number of Topliss-reactive ketones (excluding diaryl/α,β-unsaturated/α-hetero) is 2. The van der Waals surface area contributed by atoms with Gasteiger partial charge in [0.2, 0.25) is 0 Å². The summed E-state index contributed by atoms with van der Waals surface area (Å²) in [5.74, 6) is -0.650. The minimum Gasteiger partial charge on any atom is -0.300 e. The maximum absolute atomic E-state index is 13.0.